The number of nitrogens with zero attached hydrogens (tertiary/aromatic N) is 4. The van der Waals surface area contributed by atoms with Crippen LogP contribution in [0, 0.1) is 10.1 Å². The molecule has 2 rings (SSSR count). The summed E-state index contributed by atoms with van der Waals surface area (Å²) in [6, 6.07) is 6.06. The van der Waals surface area contributed by atoms with Crippen molar-refractivity contribution < 1.29 is 9.72 Å². The Bertz CT molecular complexity index is 750. The number of aromatic nitrogens is 2. The molecule has 0 aliphatic heterocycles. The van der Waals surface area contributed by atoms with E-state index in [9.17, 15) is 14.9 Å². The van der Waals surface area contributed by atoms with Crippen LogP contribution < -0.4 is 0 Å². The van der Waals surface area contributed by atoms with Gasteiger partial charge in [0.15, 0.2) is 0 Å². The molecule has 0 saturated carbocycles. The van der Waals surface area contributed by atoms with Crippen molar-refractivity contribution in [1.82, 2.24) is 14.7 Å². The van der Waals surface area contributed by atoms with Crippen LogP contribution in [0.2, 0.25) is 5.02 Å². The zero-order chi connectivity index (χ0) is 17.0. The number of likely N-dealkylation sites (N-methyl/N-ethyl adjacent to an activating group) is 1. The highest BCUT2D eigenvalue weighted by atomic mass is 35.5. The van der Waals surface area contributed by atoms with Crippen molar-refractivity contribution in [2.75, 3.05) is 7.05 Å². The molecule has 2 aromatic rings. The van der Waals surface area contributed by atoms with Gasteiger partial charge < -0.3 is 4.90 Å². The van der Waals surface area contributed by atoms with Gasteiger partial charge >= 0.3 is 0 Å². The number of rotatable bonds is 5. The molecule has 0 spiro atoms. The van der Waals surface area contributed by atoms with Crippen LogP contribution in [0.15, 0.2) is 36.5 Å². The first-order valence-electron chi connectivity index (χ1n) is 6.72. The third-order valence-electron chi connectivity index (χ3n) is 3.27. The molecule has 0 unspecified atom stereocenters. The predicted molar refractivity (Wildman–Crippen MR) is 86.8 cm³/mol. The molecule has 0 bridgehead atoms. The number of benzene rings is 1. The van der Waals surface area contributed by atoms with Crippen LogP contribution in [0.4, 0.5) is 5.69 Å². The monoisotopic (exact) mass is 334 g/mol. The van der Waals surface area contributed by atoms with Gasteiger partial charge in [0.2, 0.25) is 5.91 Å². The number of halogens is 1. The average Bonchev–Trinajstić information content (AvgIpc) is 2.84. The van der Waals surface area contributed by atoms with E-state index in [1.54, 1.807) is 30.9 Å². The van der Waals surface area contributed by atoms with E-state index in [0.717, 1.165) is 5.69 Å². The minimum Gasteiger partial charge on any atom is -0.336 e. The molecule has 0 saturated heterocycles. The van der Waals surface area contributed by atoms with Gasteiger partial charge in [-0.25, -0.2) is 0 Å². The molecule has 0 aliphatic rings. The van der Waals surface area contributed by atoms with E-state index in [4.69, 9.17) is 11.6 Å². The Morgan fingerprint density at radius 3 is 2.87 bits per heavy atom. The maximum atomic E-state index is 12.1. The third kappa shape index (κ3) is 4.17. The van der Waals surface area contributed by atoms with Crippen LogP contribution in [-0.4, -0.2) is 32.6 Å². The Labute approximate surface area is 137 Å². The number of hydrogen-bond donors (Lipinski definition) is 0. The minimum absolute atomic E-state index is 0.0189. The maximum Gasteiger partial charge on any atom is 0.270 e. The Morgan fingerprint density at radius 1 is 1.52 bits per heavy atom. The van der Waals surface area contributed by atoms with Crippen molar-refractivity contribution >= 4 is 29.3 Å². The second kappa shape index (κ2) is 7.06. The lowest BCUT2D eigenvalue weighted by Crippen LogP contribution is -2.25. The summed E-state index contributed by atoms with van der Waals surface area (Å²) < 4.78 is 1.61. The zero-order valence-electron chi connectivity index (χ0n) is 12.6. The van der Waals surface area contributed by atoms with Gasteiger partial charge in [0.25, 0.3) is 5.69 Å². The maximum absolute atomic E-state index is 12.1. The van der Waals surface area contributed by atoms with Crippen molar-refractivity contribution in [1.29, 1.82) is 0 Å². The molecule has 1 aromatic carbocycles. The largest absolute Gasteiger partial charge is 0.336 e. The van der Waals surface area contributed by atoms with E-state index >= 15 is 0 Å². The van der Waals surface area contributed by atoms with E-state index in [-0.39, 0.29) is 11.6 Å². The standard InChI is InChI=1S/C15H15ClN4O3/c1-18(10-14-13(16)9-17-19(14)2)15(21)7-6-11-4-3-5-12(8-11)20(22)23/h3-9H,10H2,1-2H3/b7-6+. The highest BCUT2D eigenvalue weighted by molar-refractivity contribution is 6.31. The molecule has 0 atom stereocenters. The number of aryl methyl sites for hydroxylation is 1. The molecule has 7 nitrogen and oxygen atoms in total. The SMILES string of the molecule is CN(Cc1c(Cl)cnn1C)C(=O)/C=C/c1cccc([N+](=O)[O-])c1. The molecule has 0 radical (unpaired) electrons. The zero-order valence-corrected chi connectivity index (χ0v) is 13.4. The van der Waals surface area contributed by atoms with E-state index in [1.165, 1.54) is 35.4 Å². The second-order valence-corrected chi connectivity index (χ2v) is 5.35. The van der Waals surface area contributed by atoms with Crippen LogP contribution in [0.25, 0.3) is 6.08 Å². The fourth-order valence-electron chi connectivity index (χ4n) is 1.95. The van der Waals surface area contributed by atoms with E-state index in [1.807, 2.05) is 0 Å². The van der Waals surface area contributed by atoms with Crippen molar-refractivity contribution in [3.63, 3.8) is 0 Å². The molecule has 0 N–H and O–H groups in total. The predicted octanol–water partition coefficient (Wildman–Crippen LogP) is 2.65. The number of carbonyl (C=O) groups is 1. The molecule has 0 aliphatic carbocycles. The van der Waals surface area contributed by atoms with Gasteiger partial charge in [-0.2, -0.15) is 5.10 Å². The molecule has 0 fully saturated rings. The molecular formula is C15H15ClN4O3. The number of nitro benzene ring substituents is 1. The highest BCUT2D eigenvalue weighted by Gasteiger charge is 2.12. The van der Waals surface area contributed by atoms with Crippen LogP contribution in [-0.2, 0) is 18.4 Å². The lowest BCUT2D eigenvalue weighted by Gasteiger charge is -2.15. The summed E-state index contributed by atoms with van der Waals surface area (Å²) in [7, 11) is 3.39. The summed E-state index contributed by atoms with van der Waals surface area (Å²) in [6.07, 6.45) is 4.42. The van der Waals surface area contributed by atoms with Crippen molar-refractivity contribution in [2.45, 2.75) is 6.54 Å². The number of non-ortho nitro benzene ring substituents is 1. The lowest BCUT2D eigenvalue weighted by atomic mass is 10.2. The number of nitro groups is 1. The second-order valence-electron chi connectivity index (χ2n) is 4.94. The smallest absolute Gasteiger partial charge is 0.270 e. The quantitative estimate of drug-likeness (QED) is 0.478. The van der Waals surface area contributed by atoms with E-state index in [2.05, 4.69) is 5.10 Å². The molecule has 1 aromatic heterocycles. The minimum atomic E-state index is -0.476. The molecule has 120 valence electrons. The first-order valence-corrected chi connectivity index (χ1v) is 7.10. The number of carbonyl (C=O) groups excluding carboxylic acids is 1. The Kier molecular flexibility index (Phi) is 5.13. The van der Waals surface area contributed by atoms with Crippen LogP contribution in [0.5, 0.6) is 0 Å². The molecular weight excluding hydrogens is 320 g/mol. The van der Waals surface area contributed by atoms with Gasteiger partial charge in [0, 0.05) is 32.3 Å². The summed E-state index contributed by atoms with van der Waals surface area (Å²) in [5.41, 5.74) is 1.29. The molecule has 23 heavy (non-hydrogen) atoms. The van der Waals surface area contributed by atoms with Crippen LogP contribution in [0.1, 0.15) is 11.3 Å². The summed E-state index contributed by atoms with van der Waals surface area (Å²) in [6.45, 7) is 0.313. The van der Waals surface area contributed by atoms with Crippen molar-refractivity contribution in [2.24, 2.45) is 7.05 Å². The third-order valence-corrected chi connectivity index (χ3v) is 3.59. The van der Waals surface area contributed by atoms with E-state index in [0.29, 0.717) is 17.1 Å². The fraction of sp³-hybridized carbons (Fsp3) is 0.200. The number of amides is 1. The topological polar surface area (TPSA) is 81.3 Å². The molecule has 1 heterocycles. The van der Waals surface area contributed by atoms with Gasteiger partial charge in [0.05, 0.1) is 28.4 Å². The van der Waals surface area contributed by atoms with Gasteiger partial charge in [-0.05, 0) is 11.6 Å². The summed E-state index contributed by atoms with van der Waals surface area (Å²) >= 11 is 6.01. The van der Waals surface area contributed by atoms with E-state index < -0.39 is 4.92 Å². The summed E-state index contributed by atoms with van der Waals surface area (Å²) in [4.78, 5) is 23.8. The Morgan fingerprint density at radius 2 is 2.26 bits per heavy atom. The lowest BCUT2D eigenvalue weighted by molar-refractivity contribution is -0.384. The highest BCUT2D eigenvalue weighted by Crippen LogP contribution is 2.16. The first-order chi connectivity index (χ1) is 10.9. The fourth-order valence-corrected chi connectivity index (χ4v) is 2.18. The van der Waals surface area contributed by atoms with Gasteiger partial charge in [0.1, 0.15) is 0 Å². The first kappa shape index (κ1) is 16.7. The number of hydrogen-bond acceptors (Lipinski definition) is 4. The molecule has 8 heteroatoms. The molecule has 1 amide bonds. The van der Waals surface area contributed by atoms with Crippen LogP contribution >= 0.6 is 11.6 Å². The summed E-state index contributed by atoms with van der Waals surface area (Å²) in [5, 5.41) is 15.2. The van der Waals surface area contributed by atoms with Gasteiger partial charge in [-0.3, -0.25) is 19.6 Å². The Balaban J connectivity index is 2.06. The van der Waals surface area contributed by atoms with Crippen LogP contribution in [0.3, 0.4) is 0 Å². The van der Waals surface area contributed by atoms with Gasteiger partial charge in [-0.15, -0.1) is 0 Å². The summed E-state index contributed by atoms with van der Waals surface area (Å²) in [5.74, 6) is -0.242. The van der Waals surface area contributed by atoms with Crippen molar-refractivity contribution in [3.05, 3.63) is 62.9 Å². The Hall–Kier alpha value is -2.67. The van der Waals surface area contributed by atoms with Crippen molar-refractivity contribution in [3.8, 4) is 0 Å². The van der Waals surface area contributed by atoms with Gasteiger partial charge in [-0.1, -0.05) is 23.7 Å². The normalized spacial score (nSPS) is 10.9. The average molecular weight is 335 g/mol.